The van der Waals surface area contributed by atoms with E-state index in [0.717, 1.165) is 5.92 Å². The summed E-state index contributed by atoms with van der Waals surface area (Å²) in [5, 5.41) is 11.8. The van der Waals surface area contributed by atoms with Crippen LogP contribution in [0.2, 0.25) is 0 Å². The fraction of sp³-hybridized carbons (Fsp3) is 0.917. The largest absolute Gasteiger partial charge is 1.00 e. The number of halogens is 1. The fourth-order valence-electron chi connectivity index (χ4n) is 2.98. The summed E-state index contributed by atoms with van der Waals surface area (Å²) in [5.41, 5.74) is 0. The molecular weight excluding hydrogens is 258 g/mol. The van der Waals surface area contributed by atoms with Crippen molar-refractivity contribution < 1.29 is 27.6 Å². The monoisotopic (exact) mass is 279 g/mol. The Morgan fingerprint density at radius 1 is 1.29 bits per heavy atom. The van der Waals surface area contributed by atoms with Crippen LogP contribution in [0.5, 0.6) is 0 Å². The molecule has 1 aliphatic carbocycles. The van der Waals surface area contributed by atoms with Crippen molar-refractivity contribution in [2.24, 2.45) is 5.92 Å². The van der Waals surface area contributed by atoms with Gasteiger partial charge in [0.1, 0.15) is 5.37 Å². The number of aliphatic carboxylic acids is 1. The Morgan fingerprint density at radius 2 is 1.88 bits per heavy atom. The molecule has 0 aromatic heterocycles. The number of thioether (sulfide) groups is 1. The van der Waals surface area contributed by atoms with Crippen LogP contribution in [0.3, 0.4) is 0 Å². The normalized spacial score (nSPS) is 33.1. The van der Waals surface area contributed by atoms with Crippen LogP contribution in [0.4, 0.5) is 0 Å². The average molecular weight is 280 g/mol. The van der Waals surface area contributed by atoms with Crippen molar-refractivity contribution in [1.29, 1.82) is 0 Å². The zero-order valence-corrected chi connectivity index (χ0v) is 12.1. The van der Waals surface area contributed by atoms with Gasteiger partial charge in [0.05, 0.1) is 4.75 Å². The summed E-state index contributed by atoms with van der Waals surface area (Å²) in [4.78, 5) is 11.2. The molecule has 1 aliphatic heterocycles. The van der Waals surface area contributed by atoms with Gasteiger partial charge in [0.25, 0.3) is 0 Å². The Hall–Kier alpha value is 0.0700. The molecule has 0 aromatic rings. The van der Waals surface area contributed by atoms with Gasteiger partial charge in [-0.1, -0.05) is 31.0 Å². The van der Waals surface area contributed by atoms with Crippen molar-refractivity contribution in [2.75, 3.05) is 0 Å². The molecule has 3 N–H and O–H groups in total. The van der Waals surface area contributed by atoms with Gasteiger partial charge >= 0.3 is 5.97 Å². The quantitative estimate of drug-likeness (QED) is 0.643. The van der Waals surface area contributed by atoms with E-state index >= 15 is 0 Å². The lowest BCUT2D eigenvalue weighted by atomic mass is 9.88. The van der Waals surface area contributed by atoms with E-state index in [2.05, 4.69) is 19.2 Å². The molecule has 2 atom stereocenters. The van der Waals surface area contributed by atoms with E-state index in [0.29, 0.717) is 5.37 Å². The van der Waals surface area contributed by atoms with Crippen molar-refractivity contribution in [3.8, 4) is 0 Å². The number of carbonyl (C=O) groups is 1. The minimum Gasteiger partial charge on any atom is -1.00 e. The zero-order valence-electron chi connectivity index (χ0n) is 10.5. The maximum Gasteiger partial charge on any atom is 0.363 e. The third-order valence-corrected chi connectivity index (χ3v) is 5.63. The van der Waals surface area contributed by atoms with Crippen LogP contribution in [-0.4, -0.2) is 27.2 Å². The van der Waals surface area contributed by atoms with E-state index in [1.165, 1.54) is 32.1 Å². The van der Waals surface area contributed by atoms with Gasteiger partial charge in [0, 0.05) is 5.92 Å². The second-order valence-corrected chi connectivity index (χ2v) is 7.42. The zero-order chi connectivity index (χ0) is 11.8. The van der Waals surface area contributed by atoms with Gasteiger partial charge in [-0.05, 0) is 26.7 Å². The van der Waals surface area contributed by atoms with Crippen LogP contribution in [0.1, 0.15) is 46.0 Å². The first-order chi connectivity index (χ1) is 7.50. The van der Waals surface area contributed by atoms with Crippen LogP contribution in [-0.2, 0) is 4.79 Å². The number of carboxylic acids is 1. The Bertz CT molecular complexity index is 280. The predicted octanol–water partition coefficient (Wildman–Crippen LogP) is -1.56. The topological polar surface area (TPSA) is 53.9 Å². The molecule has 2 unspecified atom stereocenters. The van der Waals surface area contributed by atoms with E-state index in [1.807, 2.05) is 11.8 Å². The number of hydrogen-bond acceptors (Lipinski definition) is 2. The molecule has 3 nitrogen and oxygen atoms in total. The molecule has 0 radical (unpaired) electrons. The third-order valence-electron chi connectivity index (χ3n) is 3.95. The Labute approximate surface area is 114 Å². The number of rotatable bonds is 2. The SMILES string of the molecule is CC1(C)SC(C2CCCCC2)[NH2+]C1C(=O)O.[Cl-]. The molecule has 1 saturated heterocycles. The lowest BCUT2D eigenvalue weighted by molar-refractivity contribution is -0.691. The van der Waals surface area contributed by atoms with Gasteiger partial charge in [-0.2, -0.15) is 0 Å². The predicted molar refractivity (Wildman–Crippen MR) is 65.4 cm³/mol. The van der Waals surface area contributed by atoms with Gasteiger partial charge in [-0.25, -0.2) is 4.79 Å². The summed E-state index contributed by atoms with van der Waals surface area (Å²) in [5.74, 6) is 0.0678. The van der Waals surface area contributed by atoms with Gasteiger partial charge < -0.3 is 22.8 Å². The summed E-state index contributed by atoms with van der Waals surface area (Å²) < 4.78 is -0.131. The average Bonchev–Trinajstić information content (AvgIpc) is 2.56. The Balaban J connectivity index is 0.00000144. The standard InChI is InChI=1S/C12H21NO2S.ClH/c1-12(2)9(11(14)15)13-10(16-12)8-6-4-3-5-7-8;/h8-10,13H,3-7H2,1-2H3,(H,14,15);1H. The summed E-state index contributed by atoms with van der Waals surface area (Å²) >= 11 is 1.87. The molecule has 1 heterocycles. The highest BCUT2D eigenvalue weighted by molar-refractivity contribution is 8.01. The maximum absolute atomic E-state index is 11.2. The third kappa shape index (κ3) is 3.30. The minimum absolute atomic E-state index is 0. The Kier molecular flexibility index (Phi) is 5.17. The Morgan fingerprint density at radius 3 is 2.35 bits per heavy atom. The first kappa shape index (κ1) is 15.1. The second kappa shape index (κ2) is 5.81. The molecule has 0 bridgehead atoms. The highest BCUT2D eigenvalue weighted by atomic mass is 35.5. The molecule has 0 aromatic carbocycles. The van der Waals surface area contributed by atoms with Crippen molar-refractivity contribution in [3.05, 3.63) is 0 Å². The van der Waals surface area contributed by atoms with Gasteiger partial charge in [0.15, 0.2) is 6.04 Å². The molecule has 2 fully saturated rings. The van der Waals surface area contributed by atoms with Crippen LogP contribution in [0, 0.1) is 5.92 Å². The summed E-state index contributed by atoms with van der Waals surface area (Å²) in [7, 11) is 0. The molecule has 2 rings (SSSR count). The molecule has 17 heavy (non-hydrogen) atoms. The smallest absolute Gasteiger partial charge is 0.363 e. The first-order valence-electron chi connectivity index (χ1n) is 6.26. The van der Waals surface area contributed by atoms with Crippen molar-refractivity contribution in [3.63, 3.8) is 0 Å². The number of carboxylic acid groups (broad SMARTS) is 1. The number of quaternary nitrogens is 1. The molecule has 5 heteroatoms. The number of nitrogens with two attached hydrogens (primary N) is 1. The summed E-state index contributed by atoms with van der Waals surface area (Å²) in [6, 6.07) is -0.274. The molecule has 1 saturated carbocycles. The number of hydrogen-bond donors (Lipinski definition) is 2. The molecule has 100 valence electrons. The first-order valence-corrected chi connectivity index (χ1v) is 7.14. The maximum atomic E-state index is 11.2. The van der Waals surface area contributed by atoms with Crippen LogP contribution in [0.15, 0.2) is 0 Å². The van der Waals surface area contributed by atoms with Gasteiger partial charge in [-0.15, -0.1) is 0 Å². The molecule has 2 aliphatic rings. The lowest BCUT2D eigenvalue weighted by Gasteiger charge is -2.24. The van der Waals surface area contributed by atoms with E-state index in [1.54, 1.807) is 0 Å². The van der Waals surface area contributed by atoms with E-state index in [4.69, 9.17) is 0 Å². The second-order valence-electron chi connectivity index (χ2n) is 5.59. The van der Waals surface area contributed by atoms with E-state index in [-0.39, 0.29) is 23.2 Å². The molecule has 0 amide bonds. The van der Waals surface area contributed by atoms with Gasteiger partial charge in [0.2, 0.25) is 0 Å². The van der Waals surface area contributed by atoms with Crippen LogP contribution >= 0.6 is 11.8 Å². The highest BCUT2D eigenvalue weighted by Crippen LogP contribution is 2.40. The summed E-state index contributed by atoms with van der Waals surface area (Å²) in [6.07, 6.45) is 6.59. The van der Waals surface area contributed by atoms with Crippen LogP contribution < -0.4 is 17.7 Å². The molecular formula is C12H22ClNO2S. The van der Waals surface area contributed by atoms with Gasteiger partial charge in [-0.3, -0.25) is 0 Å². The van der Waals surface area contributed by atoms with Crippen molar-refractivity contribution >= 4 is 17.7 Å². The summed E-state index contributed by atoms with van der Waals surface area (Å²) in [6.45, 7) is 4.13. The van der Waals surface area contributed by atoms with Crippen molar-refractivity contribution in [1.82, 2.24) is 0 Å². The lowest BCUT2D eigenvalue weighted by Crippen LogP contribution is -3.00. The van der Waals surface area contributed by atoms with E-state index in [9.17, 15) is 9.90 Å². The van der Waals surface area contributed by atoms with Crippen molar-refractivity contribution in [2.45, 2.75) is 62.1 Å². The van der Waals surface area contributed by atoms with Crippen LogP contribution in [0.25, 0.3) is 0 Å². The fourth-order valence-corrected chi connectivity index (χ4v) is 4.71. The molecule has 0 spiro atoms. The van der Waals surface area contributed by atoms with E-state index < -0.39 is 5.97 Å². The highest BCUT2D eigenvalue weighted by Gasteiger charge is 2.51. The minimum atomic E-state index is -0.657.